The molecule has 0 bridgehead atoms. The Balaban J connectivity index is 1.70. The van der Waals surface area contributed by atoms with Crippen molar-refractivity contribution in [3.63, 3.8) is 0 Å². The van der Waals surface area contributed by atoms with Crippen molar-refractivity contribution in [2.75, 3.05) is 6.54 Å². The Morgan fingerprint density at radius 3 is 2.65 bits per heavy atom. The first-order valence-corrected chi connectivity index (χ1v) is 8.38. The van der Waals surface area contributed by atoms with Gasteiger partial charge in [0.15, 0.2) is 0 Å². The number of hydrogen-bond acceptors (Lipinski definition) is 3. The van der Waals surface area contributed by atoms with Gasteiger partial charge >= 0.3 is 6.03 Å². The molecule has 1 aliphatic rings. The number of rotatable bonds is 6. The van der Waals surface area contributed by atoms with Gasteiger partial charge in [-0.05, 0) is 47.9 Å². The zero-order valence-electron chi connectivity index (χ0n) is 14.4. The quantitative estimate of drug-likeness (QED) is 0.635. The number of imide groups is 1. The molecule has 0 saturated carbocycles. The summed E-state index contributed by atoms with van der Waals surface area (Å²) in [5.74, 6) is 0.00288. The number of ether oxygens (including phenoxy) is 1. The van der Waals surface area contributed by atoms with Gasteiger partial charge in [0.25, 0.3) is 5.91 Å². The van der Waals surface area contributed by atoms with Gasteiger partial charge in [0, 0.05) is 6.54 Å². The van der Waals surface area contributed by atoms with E-state index in [1.807, 2.05) is 13.0 Å². The van der Waals surface area contributed by atoms with Crippen LogP contribution in [0.4, 0.5) is 9.18 Å². The van der Waals surface area contributed by atoms with E-state index in [9.17, 15) is 14.0 Å². The van der Waals surface area contributed by atoms with E-state index in [-0.39, 0.29) is 17.4 Å². The van der Waals surface area contributed by atoms with E-state index in [0.29, 0.717) is 25.3 Å². The Labute approximate surface area is 151 Å². The fraction of sp³-hybridized carbons (Fsp3) is 0.200. The van der Waals surface area contributed by atoms with Crippen molar-refractivity contribution in [1.29, 1.82) is 0 Å². The fourth-order valence-electron chi connectivity index (χ4n) is 2.61. The number of carbonyl (C=O) groups excluding carboxylic acids is 2. The fourth-order valence-corrected chi connectivity index (χ4v) is 2.61. The Morgan fingerprint density at radius 1 is 1.15 bits per heavy atom. The largest absolute Gasteiger partial charge is 0.489 e. The summed E-state index contributed by atoms with van der Waals surface area (Å²) in [6, 6.07) is 12.9. The smallest absolute Gasteiger partial charge is 0.329 e. The maximum absolute atomic E-state index is 12.9. The lowest BCUT2D eigenvalue weighted by molar-refractivity contribution is -0.122. The minimum Gasteiger partial charge on any atom is -0.489 e. The number of nitrogens with zero attached hydrogens (tertiary/aromatic N) is 1. The maximum Gasteiger partial charge on any atom is 0.329 e. The summed E-state index contributed by atoms with van der Waals surface area (Å²) in [6.45, 7) is 2.60. The summed E-state index contributed by atoms with van der Waals surface area (Å²) in [5, 5.41) is 2.59. The van der Waals surface area contributed by atoms with Crippen molar-refractivity contribution in [2.45, 2.75) is 20.0 Å². The summed E-state index contributed by atoms with van der Waals surface area (Å²) in [6.07, 6.45) is 2.33. The van der Waals surface area contributed by atoms with Gasteiger partial charge in [0.05, 0.1) is 0 Å². The molecule has 0 unspecified atom stereocenters. The number of urea groups is 1. The van der Waals surface area contributed by atoms with Gasteiger partial charge in [-0.25, -0.2) is 9.18 Å². The second-order valence-electron chi connectivity index (χ2n) is 5.93. The minimum atomic E-state index is -0.396. The summed E-state index contributed by atoms with van der Waals surface area (Å²) in [4.78, 5) is 25.3. The third-order valence-corrected chi connectivity index (χ3v) is 3.90. The summed E-state index contributed by atoms with van der Waals surface area (Å²) in [5.41, 5.74) is 1.84. The molecule has 6 heteroatoms. The van der Waals surface area contributed by atoms with Crippen molar-refractivity contribution >= 4 is 18.0 Å². The molecule has 3 rings (SSSR count). The third kappa shape index (κ3) is 4.08. The Morgan fingerprint density at radius 2 is 1.92 bits per heavy atom. The maximum atomic E-state index is 12.9. The molecule has 1 aliphatic heterocycles. The molecule has 0 radical (unpaired) electrons. The topological polar surface area (TPSA) is 58.6 Å². The predicted octanol–water partition coefficient (Wildman–Crippen LogP) is 3.71. The highest BCUT2D eigenvalue weighted by molar-refractivity contribution is 6.13. The lowest BCUT2D eigenvalue weighted by Crippen LogP contribution is -2.31. The number of carbonyl (C=O) groups is 2. The third-order valence-electron chi connectivity index (χ3n) is 3.90. The molecule has 134 valence electrons. The number of nitrogens with one attached hydrogen (secondary N) is 1. The van der Waals surface area contributed by atoms with Gasteiger partial charge < -0.3 is 10.1 Å². The van der Waals surface area contributed by atoms with Gasteiger partial charge in [-0.3, -0.25) is 9.69 Å². The van der Waals surface area contributed by atoms with Crippen LogP contribution >= 0.6 is 0 Å². The standard InChI is InChI=1S/C20H19FN2O3/c1-2-10-23-19(24)18(22-20(23)25)12-15-4-3-5-17(11-15)26-13-14-6-8-16(21)9-7-14/h3-9,11-12H,2,10,13H2,1H3,(H,22,25)/b18-12+. The summed E-state index contributed by atoms with van der Waals surface area (Å²) >= 11 is 0. The molecule has 2 aromatic rings. The van der Waals surface area contributed by atoms with E-state index in [1.165, 1.54) is 17.0 Å². The van der Waals surface area contributed by atoms with Crippen LogP contribution in [0.2, 0.25) is 0 Å². The monoisotopic (exact) mass is 354 g/mol. The van der Waals surface area contributed by atoms with Crippen molar-refractivity contribution in [1.82, 2.24) is 10.2 Å². The second kappa shape index (κ2) is 7.82. The molecule has 1 heterocycles. The molecular formula is C20H19FN2O3. The molecule has 0 atom stereocenters. The zero-order chi connectivity index (χ0) is 18.5. The Kier molecular flexibility index (Phi) is 5.31. The van der Waals surface area contributed by atoms with Crippen LogP contribution in [0.3, 0.4) is 0 Å². The highest BCUT2D eigenvalue weighted by Crippen LogP contribution is 2.19. The van der Waals surface area contributed by atoms with Crippen LogP contribution in [0.1, 0.15) is 24.5 Å². The predicted molar refractivity (Wildman–Crippen MR) is 95.7 cm³/mol. The summed E-state index contributed by atoms with van der Waals surface area (Å²) < 4.78 is 18.6. The van der Waals surface area contributed by atoms with Crippen LogP contribution in [0, 0.1) is 5.82 Å². The van der Waals surface area contributed by atoms with Gasteiger partial charge in [0.2, 0.25) is 0 Å². The molecule has 2 aromatic carbocycles. The van der Waals surface area contributed by atoms with Gasteiger partial charge in [0.1, 0.15) is 23.9 Å². The van der Waals surface area contributed by atoms with Crippen molar-refractivity contribution < 1.29 is 18.7 Å². The number of amides is 3. The van der Waals surface area contributed by atoms with Crippen LogP contribution in [-0.2, 0) is 11.4 Å². The molecule has 1 saturated heterocycles. The highest BCUT2D eigenvalue weighted by atomic mass is 19.1. The SMILES string of the molecule is CCCN1C(=O)N/C(=C/c2cccc(OCc3ccc(F)cc3)c2)C1=O. The molecule has 1 fully saturated rings. The van der Waals surface area contributed by atoms with Crippen molar-refractivity contribution in [3.8, 4) is 5.75 Å². The first kappa shape index (κ1) is 17.7. The van der Waals surface area contributed by atoms with Crippen LogP contribution in [0.5, 0.6) is 5.75 Å². The van der Waals surface area contributed by atoms with Crippen molar-refractivity contribution in [2.24, 2.45) is 0 Å². The van der Waals surface area contributed by atoms with E-state index in [1.54, 1.807) is 36.4 Å². The minimum absolute atomic E-state index is 0.249. The number of halogens is 1. The first-order valence-electron chi connectivity index (χ1n) is 8.38. The van der Waals surface area contributed by atoms with Gasteiger partial charge in [-0.2, -0.15) is 0 Å². The highest BCUT2D eigenvalue weighted by Gasteiger charge is 2.32. The number of hydrogen-bond donors (Lipinski definition) is 1. The Hall–Kier alpha value is -3.15. The first-order chi connectivity index (χ1) is 12.6. The molecule has 26 heavy (non-hydrogen) atoms. The van der Waals surface area contributed by atoms with Crippen LogP contribution in [0.25, 0.3) is 6.08 Å². The van der Waals surface area contributed by atoms with Crippen LogP contribution < -0.4 is 10.1 Å². The van der Waals surface area contributed by atoms with Gasteiger partial charge in [-0.1, -0.05) is 31.2 Å². The lowest BCUT2D eigenvalue weighted by atomic mass is 10.1. The van der Waals surface area contributed by atoms with E-state index >= 15 is 0 Å². The average molecular weight is 354 g/mol. The molecule has 0 aromatic heterocycles. The summed E-state index contributed by atoms with van der Waals surface area (Å²) in [7, 11) is 0. The van der Waals surface area contributed by atoms with Crippen LogP contribution in [-0.4, -0.2) is 23.4 Å². The van der Waals surface area contributed by atoms with E-state index < -0.39 is 6.03 Å². The van der Waals surface area contributed by atoms with Crippen molar-refractivity contribution in [3.05, 3.63) is 71.2 Å². The second-order valence-corrected chi connectivity index (χ2v) is 5.93. The van der Waals surface area contributed by atoms with E-state index in [0.717, 1.165) is 11.1 Å². The Bertz CT molecular complexity index is 846. The van der Waals surface area contributed by atoms with E-state index in [2.05, 4.69) is 5.32 Å². The average Bonchev–Trinajstić information content (AvgIpc) is 2.89. The normalized spacial score (nSPS) is 15.5. The zero-order valence-corrected chi connectivity index (χ0v) is 14.4. The molecule has 3 amide bonds. The molecule has 0 aliphatic carbocycles. The molecular weight excluding hydrogens is 335 g/mol. The van der Waals surface area contributed by atoms with Crippen LogP contribution in [0.15, 0.2) is 54.2 Å². The lowest BCUT2D eigenvalue weighted by Gasteiger charge is -2.09. The molecule has 5 nitrogen and oxygen atoms in total. The van der Waals surface area contributed by atoms with Gasteiger partial charge in [-0.15, -0.1) is 0 Å². The van der Waals surface area contributed by atoms with E-state index in [4.69, 9.17) is 4.74 Å². The number of benzene rings is 2. The molecule has 0 spiro atoms. The molecule has 1 N–H and O–H groups in total.